The maximum Gasteiger partial charge on any atom is 0.231 e. The third-order valence-electron chi connectivity index (χ3n) is 4.71. The van der Waals surface area contributed by atoms with E-state index in [1.807, 2.05) is 41.3 Å². The lowest BCUT2D eigenvalue weighted by molar-refractivity contribution is -0.131. The normalized spacial score (nSPS) is 14.2. The zero-order valence-electron chi connectivity index (χ0n) is 16.3. The minimum absolute atomic E-state index is 0.0856. The minimum Gasteiger partial charge on any atom is -0.486 e. The first kappa shape index (κ1) is 18.5. The Balaban J connectivity index is 1.48. The Morgan fingerprint density at radius 2 is 1.50 bits per heavy atom. The lowest BCUT2D eigenvalue weighted by Gasteiger charge is -2.26. The van der Waals surface area contributed by atoms with Gasteiger partial charge in [0.2, 0.25) is 12.7 Å². The van der Waals surface area contributed by atoms with Crippen LogP contribution >= 0.6 is 0 Å². The van der Waals surface area contributed by atoms with E-state index in [4.69, 9.17) is 18.9 Å². The lowest BCUT2D eigenvalue weighted by atomic mass is 10.1. The summed E-state index contributed by atoms with van der Waals surface area (Å²) in [5.41, 5.74) is 1.95. The fourth-order valence-electron chi connectivity index (χ4n) is 3.44. The summed E-state index contributed by atoms with van der Waals surface area (Å²) >= 11 is 0. The second-order valence-electron chi connectivity index (χ2n) is 7.51. The average Bonchev–Trinajstić information content (AvgIpc) is 3.15. The van der Waals surface area contributed by atoms with Crippen molar-refractivity contribution in [2.24, 2.45) is 5.92 Å². The molecule has 2 heterocycles. The van der Waals surface area contributed by atoms with Gasteiger partial charge in [0.05, 0.1) is 6.42 Å². The van der Waals surface area contributed by atoms with Crippen molar-refractivity contribution < 1.29 is 23.7 Å². The highest BCUT2D eigenvalue weighted by atomic mass is 16.7. The van der Waals surface area contributed by atoms with E-state index >= 15 is 0 Å². The molecule has 6 heteroatoms. The number of ether oxygens (including phenoxy) is 4. The van der Waals surface area contributed by atoms with E-state index in [1.165, 1.54) is 0 Å². The molecule has 0 fully saturated rings. The number of fused-ring (bicyclic) bond motifs is 2. The molecule has 148 valence electrons. The van der Waals surface area contributed by atoms with Crippen LogP contribution in [0.1, 0.15) is 25.0 Å². The zero-order valence-corrected chi connectivity index (χ0v) is 16.3. The molecular weight excluding hydrogens is 358 g/mol. The molecule has 0 unspecified atom stereocenters. The smallest absolute Gasteiger partial charge is 0.231 e. The third-order valence-corrected chi connectivity index (χ3v) is 4.71. The SMILES string of the molecule is CC(C)CN(Cc1ccc2c(c1)OCCO2)C(=O)Cc1ccc2c(c1)OCO2. The molecule has 1 amide bonds. The number of nitrogens with zero attached hydrogens (tertiary/aromatic N) is 1. The van der Waals surface area contributed by atoms with Crippen molar-refractivity contribution in [2.45, 2.75) is 26.8 Å². The Morgan fingerprint density at radius 3 is 2.29 bits per heavy atom. The largest absolute Gasteiger partial charge is 0.486 e. The molecule has 0 spiro atoms. The molecule has 0 N–H and O–H groups in total. The van der Waals surface area contributed by atoms with Gasteiger partial charge in [0.15, 0.2) is 23.0 Å². The van der Waals surface area contributed by atoms with Crippen LogP contribution in [-0.4, -0.2) is 37.4 Å². The van der Waals surface area contributed by atoms with Crippen LogP contribution in [0, 0.1) is 5.92 Å². The second-order valence-corrected chi connectivity index (χ2v) is 7.51. The van der Waals surface area contributed by atoms with Gasteiger partial charge in [-0.1, -0.05) is 26.0 Å². The van der Waals surface area contributed by atoms with Crippen LogP contribution in [0.5, 0.6) is 23.0 Å². The maximum atomic E-state index is 13.0. The van der Waals surface area contributed by atoms with E-state index in [1.54, 1.807) is 0 Å². The molecule has 6 nitrogen and oxygen atoms in total. The predicted molar refractivity (Wildman–Crippen MR) is 104 cm³/mol. The maximum absolute atomic E-state index is 13.0. The van der Waals surface area contributed by atoms with Crippen LogP contribution in [0.25, 0.3) is 0 Å². The average molecular weight is 383 g/mol. The van der Waals surface area contributed by atoms with Crippen molar-refractivity contribution in [2.75, 3.05) is 26.6 Å². The Bertz CT molecular complexity index is 864. The molecule has 2 aliphatic rings. The van der Waals surface area contributed by atoms with E-state index in [9.17, 15) is 4.79 Å². The van der Waals surface area contributed by atoms with Gasteiger partial charge in [-0.15, -0.1) is 0 Å². The van der Waals surface area contributed by atoms with Gasteiger partial charge in [0.1, 0.15) is 13.2 Å². The van der Waals surface area contributed by atoms with Crippen molar-refractivity contribution in [1.82, 2.24) is 4.90 Å². The topological polar surface area (TPSA) is 57.2 Å². The summed E-state index contributed by atoms with van der Waals surface area (Å²) < 4.78 is 22.0. The monoisotopic (exact) mass is 383 g/mol. The van der Waals surface area contributed by atoms with Gasteiger partial charge in [-0.25, -0.2) is 0 Å². The van der Waals surface area contributed by atoms with Gasteiger partial charge in [-0.05, 0) is 41.3 Å². The van der Waals surface area contributed by atoms with Crippen LogP contribution in [0.2, 0.25) is 0 Å². The summed E-state index contributed by atoms with van der Waals surface area (Å²) in [4.78, 5) is 14.9. The zero-order chi connectivity index (χ0) is 19.5. The highest BCUT2D eigenvalue weighted by Gasteiger charge is 2.20. The Morgan fingerprint density at radius 1 is 0.893 bits per heavy atom. The summed E-state index contributed by atoms with van der Waals surface area (Å²) in [5, 5.41) is 0. The summed E-state index contributed by atoms with van der Waals surface area (Å²) in [7, 11) is 0. The van der Waals surface area contributed by atoms with Crippen molar-refractivity contribution in [3.8, 4) is 23.0 Å². The molecule has 4 rings (SSSR count). The number of hydrogen-bond acceptors (Lipinski definition) is 5. The van der Waals surface area contributed by atoms with Crippen molar-refractivity contribution >= 4 is 5.91 Å². The summed E-state index contributed by atoms with van der Waals surface area (Å²) in [6, 6.07) is 11.5. The molecule has 0 atom stereocenters. The molecule has 2 aromatic rings. The van der Waals surface area contributed by atoms with Gasteiger partial charge < -0.3 is 23.8 Å². The molecule has 0 saturated carbocycles. The standard InChI is InChI=1S/C22H25NO5/c1-15(2)12-23(13-17-4-6-18-20(10-17)26-8-7-25-18)22(24)11-16-3-5-19-21(9-16)28-14-27-19/h3-6,9-10,15H,7-8,11-14H2,1-2H3. The summed E-state index contributed by atoms with van der Waals surface area (Å²) in [5.74, 6) is 3.40. The first-order chi connectivity index (χ1) is 13.6. The molecule has 0 aliphatic carbocycles. The lowest BCUT2D eigenvalue weighted by Crippen LogP contribution is -2.34. The number of hydrogen-bond donors (Lipinski definition) is 0. The molecule has 0 saturated heterocycles. The van der Waals surface area contributed by atoms with Gasteiger partial charge in [0.25, 0.3) is 0 Å². The van der Waals surface area contributed by atoms with Crippen molar-refractivity contribution in [3.05, 3.63) is 47.5 Å². The molecule has 2 aliphatic heterocycles. The number of amides is 1. The fraction of sp³-hybridized carbons (Fsp3) is 0.409. The van der Waals surface area contributed by atoms with E-state index in [0.29, 0.717) is 44.4 Å². The highest BCUT2D eigenvalue weighted by molar-refractivity contribution is 5.79. The van der Waals surface area contributed by atoms with E-state index in [-0.39, 0.29) is 12.7 Å². The number of carbonyl (C=O) groups is 1. The van der Waals surface area contributed by atoms with Crippen LogP contribution in [-0.2, 0) is 17.8 Å². The number of benzene rings is 2. The molecular formula is C22H25NO5. The van der Waals surface area contributed by atoms with Crippen LogP contribution < -0.4 is 18.9 Å². The fourth-order valence-corrected chi connectivity index (χ4v) is 3.44. The number of rotatable bonds is 6. The Labute approximate surface area is 165 Å². The van der Waals surface area contributed by atoms with E-state index in [2.05, 4.69) is 13.8 Å². The van der Waals surface area contributed by atoms with Gasteiger partial charge in [0, 0.05) is 13.1 Å². The molecule has 2 aromatic carbocycles. The summed E-state index contributed by atoms with van der Waals surface area (Å²) in [6.07, 6.45) is 0.327. The number of carbonyl (C=O) groups excluding carboxylic acids is 1. The first-order valence-corrected chi connectivity index (χ1v) is 9.63. The van der Waals surface area contributed by atoms with E-state index in [0.717, 1.165) is 28.4 Å². The van der Waals surface area contributed by atoms with Gasteiger partial charge in [-0.2, -0.15) is 0 Å². The van der Waals surface area contributed by atoms with Crippen molar-refractivity contribution in [1.29, 1.82) is 0 Å². The molecule has 0 bridgehead atoms. The summed E-state index contributed by atoms with van der Waals surface area (Å²) in [6.45, 7) is 6.82. The first-order valence-electron chi connectivity index (χ1n) is 9.63. The highest BCUT2D eigenvalue weighted by Crippen LogP contribution is 2.33. The predicted octanol–water partition coefficient (Wildman–Crippen LogP) is 3.41. The second kappa shape index (κ2) is 8.00. The minimum atomic E-state index is 0.0856. The molecule has 28 heavy (non-hydrogen) atoms. The van der Waals surface area contributed by atoms with Crippen LogP contribution in [0.4, 0.5) is 0 Å². The quantitative estimate of drug-likeness (QED) is 0.765. The van der Waals surface area contributed by atoms with Gasteiger partial charge in [-0.3, -0.25) is 4.79 Å². The van der Waals surface area contributed by atoms with Crippen LogP contribution in [0.3, 0.4) is 0 Å². The Hall–Kier alpha value is -2.89. The van der Waals surface area contributed by atoms with E-state index < -0.39 is 0 Å². The van der Waals surface area contributed by atoms with Crippen molar-refractivity contribution in [3.63, 3.8) is 0 Å². The molecule has 0 aromatic heterocycles. The third kappa shape index (κ3) is 4.16. The van der Waals surface area contributed by atoms with Crippen LogP contribution in [0.15, 0.2) is 36.4 Å². The van der Waals surface area contributed by atoms with Gasteiger partial charge >= 0.3 is 0 Å². The molecule has 0 radical (unpaired) electrons. The Kier molecular flexibility index (Phi) is 5.28.